The molecule has 0 radical (unpaired) electrons. The van der Waals surface area contributed by atoms with Crippen molar-refractivity contribution in [2.75, 3.05) is 7.11 Å². The lowest BCUT2D eigenvalue weighted by Crippen LogP contribution is -2.30. The highest BCUT2D eigenvalue weighted by molar-refractivity contribution is 5.94. The minimum Gasteiger partial charge on any atom is -0.497 e. The summed E-state index contributed by atoms with van der Waals surface area (Å²) in [7, 11) is 1.59. The van der Waals surface area contributed by atoms with Crippen molar-refractivity contribution in [3.8, 4) is 5.75 Å². The molecule has 3 aromatic carbocycles. The molecule has 1 amide bonds. The number of para-hydroxylation sites is 2. The Morgan fingerprint density at radius 2 is 1.82 bits per heavy atom. The highest BCUT2D eigenvalue weighted by atomic mass is 16.5. The molecule has 4 aromatic rings. The van der Waals surface area contributed by atoms with E-state index in [0.717, 1.165) is 22.4 Å². The number of nitrogens with zero attached hydrogens (tertiary/aromatic N) is 1. The van der Waals surface area contributed by atoms with E-state index in [1.807, 2.05) is 60.7 Å². The van der Waals surface area contributed by atoms with Crippen molar-refractivity contribution in [2.45, 2.75) is 12.5 Å². The zero-order chi connectivity index (χ0) is 19.3. The van der Waals surface area contributed by atoms with Crippen LogP contribution in [-0.2, 0) is 6.42 Å². The van der Waals surface area contributed by atoms with Gasteiger partial charge in [-0.3, -0.25) is 4.79 Å². The molecule has 0 saturated carbocycles. The third-order valence-electron chi connectivity index (χ3n) is 4.66. The van der Waals surface area contributed by atoms with Gasteiger partial charge >= 0.3 is 0 Å². The summed E-state index contributed by atoms with van der Waals surface area (Å²) < 4.78 is 5.23. The standard InChI is InChI=1S/C23H21N3O2/c1-28-18-11-7-10-17(15-18)23(27)26-21(14-16-8-3-2-4-9-16)22-24-19-12-5-6-13-20(19)25-22/h2-13,15,21H,14H2,1H3,(H,24,25)(H,26,27). The fourth-order valence-electron chi connectivity index (χ4n) is 3.21. The van der Waals surface area contributed by atoms with Gasteiger partial charge in [0.1, 0.15) is 11.6 Å². The van der Waals surface area contributed by atoms with Crippen LogP contribution in [0, 0.1) is 0 Å². The third-order valence-corrected chi connectivity index (χ3v) is 4.66. The number of methoxy groups -OCH3 is 1. The summed E-state index contributed by atoms with van der Waals surface area (Å²) in [5.74, 6) is 1.22. The predicted molar refractivity (Wildman–Crippen MR) is 109 cm³/mol. The Bertz CT molecular complexity index is 1060. The Labute approximate surface area is 163 Å². The average molecular weight is 371 g/mol. The molecule has 2 N–H and O–H groups in total. The van der Waals surface area contributed by atoms with Gasteiger partial charge in [-0.1, -0.05) is 48.5 Å². The number of carbonyl (C=O) groups is 1. The Hall–Kier alpha value is -3.60. The van der Waals surface area contributed by atoms with Gasteiger partial charge in [0, 0.05) is 5.56 Å². The summed E-state index contributed by atoms with van der Waals surface area (Å²) in [6.45, 7) is 0. The lowest BCUT2D eigenvalue weighted by molar-refractivity contribution is 0.0934. The van der Waals surface area contributed by atoms with E-state index < -0.39 is 0 Å². The topological polar surface area (TPSA) is 67.0 Å². The minimum atomic E-state index is -0.284. The molecule has 0 spiro atoms. The zero-order valence-electron chi connectivity index (χ0n) is 15.6. The molecule has 0 saturated heterocycles. The van der Waals surface area contributed by atoms with Gasteiger partial charge in [-0.15, -0.1) is 0 Å². The fraction of sp³-hybridized carbons (Fsp3) is 0.130. The summed E-state index contributed by atoms with van der Waals surface area (Å²) >= 11 is 0. The maximum atomic E-state index is 12.9. The van der Waals surface area contributed by atoms with Crippen molar-refractivity contribution in [1.82, 2.24) is 15.3 Å². The van der Waals surface area contributed by atoms with Crippen LogP contribution in [0.3, 0.4) is 0 Å². The number of aromatic nitrogens is 2. The number of nitrogens with one attached hydrogen (secondary N) is 2. The van der Waals surface area contributed by atoms with Gasteiger partial charge in [0.05, 0.1) is 24.2 Å². The highest BCUT2D eigenvalue weighted by Crippen LogP contribution is 2.21. The number of imidazole rings is 1. The minimum absolute atomic E-state index is 0.166. The molecule has 4 rings (SSSR count). The van der Waals surface area contributed by atoms with Crippen LogP contribution in [0.15, 0.2) is 78.9 Å². The molecule has 0 fully saturated rings. The van der Waals surface area contributed by atoms with Crippen LogP contribution in [-0.4, -0.2) is 23.0 Å². The van der Waals surface area contributed by atoms with Gasteiger partial charge in [-0.25, -0.2) is 4.98 Å². The number of rotatable bonds is 6. The van der Waals surface area contributed by atoms with Crippen molar-refractivity contribution in [1.29, 1.82) is 0 Å². The largest absolute Gasteiger partial charge is 0.497 e. The van der Waals surface area contributed by atoms with Crippen molar-refractivity contribution in [3.63, 3.8) is 0 Å². The number of benzene rings is 3. The molecule has 5 nitrogen and oxygen atoms in total. The Morgan fingerprint density at radius 1 is 1.04 bits per heavy atom. The summed E-state index contributed by atoms with van der Waals surface area (Å²) in [4.78, 5) is 20.9. The molecule has 1 heterocycles. The number of fused-ring (bicyclic) bond motifs is 1. The Balaban J connectivity index is 1.65. The van der Waals surface area contributed by atoms with Crippen LogP contribution in [0.4, 0.5) is 0 Å². The van der Waals surface area contributed by atoms with Crippen LogP contribution in [0.2, 0.25) is 0 Å². The monoisotopic (exact) mass is 371 g/mol. The van der Waals surface area contributed by atoms with Gasteiger partial charge in [0.2, 0.25) is 0 Å². The summed E-state index contributed by atoms with van der Waals surface area (Å²) in [6, 6.07) is 24.8. The lowest BCUT2D eigenvalue weighted by atomic mass is 10.0. The fourth-order valence-corrected chi connectivity index (χ4v) is 3.21. The molecule has 140 valence electrons. The number of aromatic amines is 1. The van der Waals surface area contributed by atoms with Crippen LogP contribution >= 0.6 is 0 Å². The number of amides is 1. The molecule has 0 aliphatic rings. The average Bonchev–Trinajstić information content (AvgIpc) is 3.18. The quantitative estimate of drug-likeness (QED) is 0.531. The van der Waals surface area contributed by atoms with Gasteiger partial charge in [-0.2, -0.15) is 0 Å². The molecule has 0 aliphatic carbocycles. The smallest absolute Gasteiger partial charge is 0.252 e. The second kappa shape index (κ2) is 7.96. The number of H-pyrrole nitrogens is 1. The van der Waals surface area contributed by atoms with Crippen LogP contribution < -0.4 is 10.1 Å². The highest BCUT2D eigenvalue weighted by Gasteiger charge is 2.20. The van der Waals surface area contributed by atoms with Crippen LogP contribution in [0.1, 0.15) is 27.8 Å². The van der Waals surface area contributed by atoms with E-state index in [9.17, 15) is 4.79 Å². The van der Waals surface area contributed by atoms with Crippen molar-refractivity contribution in [2.24, 2.45) is 0 Å². The number of ether oxygens (including phenoxy) is 1. The first-order valence-corrected chi connectivity index (χ1v) is 9.16. The van der Waals surface area contributed by atoms with E-state index in [1.54, 1.807) is 25.3 Å². The van der Waals surface area contributed by atoms with E-state index >= 15 is 0 Å². The zero-order valence-corrected chi connectivity index (χ0v) is 15.6. The molecule has 1 aromatic heterocycles. The summed E-state index contributed by atoms with van der Waals surface area (Å²) in [5, 5.41) is 3.12. The van der Waals surface area contributed by atoms with E-state index in [4.69, 9.17) is 9.72 Å². The SMILES string of the molecule is COc1cccc(C(=O)NC(Cc2ccccc2)c2nc3ccccc3[nH]2)c1. The van der Waals surface area contributed by atoms with Crippen molar-refractivity contribution in [3.05, 3.63) is 95.8 Å². The molecular formula is C23H21N3O2. The van der Waals surface area contributed by atoms with Gasteiger partial charge in [0.25, 0.3) is 5.91 Å². The number of hydrogen-bond donors (Lipinski definition) is 2. The predicted octanol–water partition coefficient (Wildman–Crippen LogP) is 4.29. The number of carbonyl (C=O) groups excluding carboxylic acids is 1. The van der Waals surface area contributed by atoms with Crippen molar-refractivity contribution >= 4 is 16.9 Å². The summed E-state index contributed by atoms with van der Waals surface area (Å²) in [5.41, 5.74) is 3.50. The Morgan fingerprint density at radius 3 is 2.61 bits per heavy atom. The van der Waals surface area contributed by atoms with Gasteiger partial charge in [-0.05, 0) is 42.3 Å². The second-order valence-electron chi connectivity index (χ2n) is 6.59. The maximum Gasteiger partial charge on any atom is 0.252 e. The first-order chi connectivity index (χ1) is 13.7. The molecule has 0 bridgehead atoms. The van der Waals surface area contributed by atoms with E-state index in [-0.39, 0.29) is 11.9 Å². The van der Waals surface area contributed by atoms with E-state index in [0.29, 0.717) is 17.7 Å². The maximum absolute atomic E-state index is 12.9. The van der Waals surface area contributed by atoms with E-state index in [1.165, 1.54) is 0 Å². The molecule has 1 atom stereocenters. The van der Waals surface area contributed by atoms with Gasteiger partial charge < -0.3 is 15.0 Å². The number of hydrogen-bond acceptors (Lipinski definition) is 3. The first kappa shape index (κ1) is 17.8. The lowest BCUT2D eigenvalue weighted by Gasteiger charge is -2.17. The Kier molecular flexibility index (Phi) is 5.06. The second-order valence-corrected chi connectivity index (χ2v) is 6.59. The van der Waals surface area contributed by atoms with Crippen molar-refractivity contribution < 1.29 is 9.53 Å². The molecule has 5 heteroatoms. The third kappa shape index (κ3) is 3.88. The van der Waals surface area contributed by atoms with E-state index in [2.05, 4.69) is 10.3 Å². The first-order valence-electron chi connectivity index (χ1n) is 9.16. The van der Waals surface area contributed by atoms with Gasteiger partial charge in [0.15, 0.2) is 0 Å². The van der Waals surface area contributed by atoms with Crippen LogP contribution in [0.25, 0.3) is 11.0 Å². The molecule has 0 aliphatic heterocycles. The molecule has 28 heavy (non-hydrogen) atoms. The molecular weight excluding hydrogens is 350 g/mol. The summed E-state index contributed by atoms with van der Waals surface area (Å²) in [6.07, 6.45) is 0.635. The normalized spacial score (nSPS) is 11.9. The molecule has 1 unspecified atom stereocenters. The van der Waals surface area contributed by atoms with Crippen LogP contribution in [0.5, 0.6) is 5.75 Å².